The van der Waals surface area contributed by atoms with Gasteiger partial charge in [-0.2, -0.15) is 0 Å². The van der Waals surface area contributed by atoms with Gasteiger partial charge in [0, 0.05) is 22.8 Å². The molecule has 0 saturated carbocycles. The molecule has 0 saturated heterocycles. The van der Waals surface area contributed by atoms with Gasteiger partial charge in [-0.3, -0.25) is 15.1 Å². The Balaban J connectivity index is 1.74. The molecule has 0 spiro atoms. The number of hydrogen-bond donors (Lipinski definition) is 2. The number of amides is 1. The Morgan fingerprint density at radius 3 is 2.61 bits per heavy atom. The molecule has 0 aliphatic carbocycles. The van der Waals surface area contributed by atoms with Gasteiger partial charge >= 0.3 is 0 Å². The van der Waals surface area contributed by atoms with Crippen molar-refractivity contribution in [3.63, 3.8) is 0 Å². The first-order valence-electron chi connectivity index (χ1n) is 7.16. The molecule has 0 unspecified atom stereocenters. The fraction of sp³-hybridized carbons (Fsp3) is 0.0556. The van der Waals surface area contributed by atoms with E-state index in [1.165, 1.54) is 0 Å². The van der Waals surface area contributed by atoms with Gasteiger partial charge in [0.15, 0.2) is 5.11 Å². The topological polar surface area (TPSA) is 54.0 Å². The van der Waals surface area contributed by atoms with Crippen molar-refractivity contribution in [3.8, 4) is 0 Å². The standard InChI is InChI=1S/C18H15N3OS/c1-12-7-9-13(10-8-12)17(22)21-18(23)20-16-6-2-5-15-14(16)4-3-11-19-15/h2-11H,1H3,(H2,20,21,22,23). The van der Waals surface area contributed by atoms with E-state index >= 15 is 0 Å². The van der Waals surface area contributed by atoms with Crippen LogP contribution in [0.3, 0.4) is 0 Å². The Bertz CT molecular complexity index is 870. The second kappa shape index (κ2) is 6.54. The number of pyridine rings is 1. The minimum absolute atomic E-state index is 0.235. The number of anilines is 1. The van der Waals surface area contributed by atoms with Gasteiger partial charge in [0.1, 0.15) is 0 Å². The summed E-state index contributed by atoms with van der Waals surface area (Å²) < 4.78 is 0. The number of hydrogen-bond acceptors (Lipinski definition) is 3. The number of carbonyl (C=O) groups excluding carboxylic acids is 1. The van der Waals surface area contributed by atoms with Crippen LogP contribution in [-0.4, -0.2) is 16.0 Å². The molecule has 2 N–H and O–H groups in total. The molecule has 0 atom stereocenters. The van der Waals surface area contributed by atoms with E-state index in [0.717, 1.165) is 22.2 Å². The summed E-state index contributed by atoms with van der Waals surface area (Å²) in [6.07, 6.45) is 1.74. The van der Waals surface area contributed by atoms with Crippen molar-refractivity contribution in [3.05, 3.63) is 71.9 Å². The second-order valence-corrected chi connectivity index (χ2v) is 5.56. The van der Waals surface area contributed by atoms with E-state index < -0.39 is 0 Å². The Hall–Kier alpha value is -2.79. The maximum absolute atomic E-state index is 12.2. The van der Waals surface area contributed by atoms with E-state index in [4.69, 9.17) is 12.2 Å². The van der Waals surface area contributed by atoms with E-state index in [1.54, 1.807) is 18.3 Å². The monoisotopic (exact) mass is 321 g/mol. The summed E-state index contributed by atoms with van der Waals surface area (Å²) in [5.74, 6) is -0.235. The average Bonchev–Trinajstić information content (AvgIpc) is 2.55. The first-order chi connectivity index (χ1) is 11.1. The third kappa shape index (κ3) is 3.52. The number of aryl methyl sites for hydroxylation is 1. The summed E-state index contributed by atoms with van der Waals surface area (Å²) in [5, 5.41) is 6.95. The van der Waals surface area contributed by atoms with Crippen LogP contribution in [0.25, 0.3) is 10.9 Å². The molecule has 3 rings (SSSR count). The first kappa shape index (κ1) is 15.1. The molecule has 5 heteroatoms. The van der Waals surface area contributed by atoms with Gasteiger partial charge in [-0.25, -0.2) is 0 Å². The molecule has 0 radical (unpaired) electrons. The summed E-state index contributed by atoms with van der Waals surface area (Å²) >= 11 is 5.24. The highest BCUT2D eigenvalue weighted by Crippen LogP contribution is 2.21. The highest BCUT2D eigenvalue weighted by atomic mass is 32.1. The minimum Gasteiger partial charge on any atom is -0.332 e. The molecule has 4 nitrogen and oxygen atoms in total. The summed E-state index contributed by atoms with van der Waals surface area (Å²) in [6, 6.07) is 16.9. The molecule has 1 aromatic heterocycles. The van der Waals surface area contributed by atoms with Crippen molar-refractivity contribution in [2.24, 2.45) is 0 Å². The molecule has 0 aliphatic heterocycles. The summed E-state index contributed by atoms with van der Waals surface area (Å²) in [6.45, 7) is 1.97. The number of rotatable bonds is 2. The molecule has 0 bridgehead atoms. The van der Waals surface area contributed by atoms with Gasteiger partial charge in [0.2, 0.25) is 0 Å². The van der Waals surface area contributed by atoms with Crippen LogP contribution in [0.1, 0.15) is 15.9 Å². The molecule has 0 fully saturated rings. The molecule has 23 heavy (non-hydrogen) atoms. The number of fused-ring (bicyclic) bond motifs is 1. The average molecular weight is 321 g/mol. The fourth-order valence-electron chi connectivity index (χ4n) is 2.25. The highest BCUT2D eigenvalue weighted by Gasteiger charge is 2.09. The molecule has 1 amide bonds. The molecular formula is C18H15N3OS. The molecular weight excluding hydrogens is 306 g/mol. The van der Waals surface area contributed by atoms with Crippen molar-refractivity contribution in [1.82, 2.24) is 10.3 Å². The molecule has 2 aromatic carbocycles. The lowest BCUT2D eigenvalue weighted by molar-refractivity contribution is 0.0978. The van der Waals surface area contributed by atoms with Gasteiger partial charge in [-0.15, -0.1) is 0 Å². The van der Waals surface area contributed by atoms with E-state index in [9.17, 15) is 4.79 Å². The van der Waals surface area contributed by atoms with Gasteiger partial charge in [-0.1, -0.05) is 23.8 Å². The van der Waals surface area contributed by atoms with Gasteiger partial charge < -0.3 is 5.32 Å². The number of benzene rings is 2. The van der Waals surface area contributed by atoms with Crippen LogP contribution in [0.15, 0.2) is 60.8 Å². The quantitative estimate of drug-likeness (QED) is 0.707. The van der Waals surface area contributed by atoms with Crippen molar-refractivity contribution in [2.45, 2.75) is 6.92 Å². The second-order valence-electron chi connectivity index (χ2n) is 5.15. The largest absolute Gasteiger partial charge is 0.332 e. The van der Waals surface area contributed by atoms with Crippen LogP contribution in [0.4, 0.5) is 5.69 Å². The predicted molar refractivity (Wildman–Crippen MR) is 96.6 cm³/mol. The molecule has 114 valence electrons. The van der Waals surface area contributed by atoms with Gasteiger partial charge in [0.05, 0.1) is 5.52 Å². The zero-order valence-electron chi connectivity index (χ0n) is 12.5. The lowest BCUT2D eigenvalue weighted by Gasteiger charge is -2.11. The summed E-state index contributed by atoms with van der Waals surface area (Å²) in [4.78, 5) is 16.5. The zero-order valence-corrected chi connectivity index (χ0v) is 13.4. The molecule has 0 aliphatic rings. The van der Waals surface area contributed by atoms with E-state index in [0.29, 0.717) is 5.56 Å². The maximum Gasteiger partial charge on any atom is 0.257 e. The first-order valence-corrected chi connectivity index (χ1v) is 7.57. The third-order valence-corrected chi connectivity index (χ3v) is 3.64. The fourth-order valence-corrected chi connectivity index (χ4v) is 2.45. The Kier molecular flexibility index (Phi) is 4.30. The van der Waals surface area contributed by atoms with Crippen LogP contribution in [0, 0.1) is 6.92 Å². The lowest BCUT2D eigenvalue weighted by Crippen LogP contribution is -2.34. The van der Waals surface area contributed by atoms with Crippen LogP contribution in [0.2, 0.25) is 0 Å². The highest BCUT2D eigenvalue weighted by molar-refractivity contribution is 7.80. The van der Waals surface area contributed by atoms with Crippen molar-refractivity contribution in [2.75, 3.05) is 5.32 Å². The number of nitrogens with one attached hydrogen (secondary N) is 2. The van der Waals surface area contributed by atoms with Crippen molar-refractivity contribution >= 4 is 39.8 Å². The minimum atomic E-state index is -0.235. The van der Waals surface area contributed by atoms with E-state index in [2.05, 4.69) is 15.6 Å². The molecule has 1 heterocycles. The number of aromatic nitrogens is 1. The number of nitrogens with zero attached hydrogens (tertiary/aromatic N) is 1. The SMILES string of the molecule is Cc1ccc(C(=O)NC(=S)Nc2cccc3ncccc23)cc1. The normalized spacial score (nSPS) is 10.3. The van der Waals surface area contributed by atoms with Crippen LogP contribution >= 0.6 is 12.2 Å². The van der Waals surface area contributed by atoms with E-state index in [1.807, 2.05) is 49.4 Å². The zero-order chi connectivity index (χ0) is 16.2. The smallest absolute Gasteiger partial charge is 0.257 e. The number of carbonyl (C=O) groups is 1. The van der Waals surface area contributed by atoms with Gasteiger partial charge in [0.25, 0.3) is 5.91 Å². The number of thiocarbonyl (C=S) groups is 1. The van der Waals surface area contributed by atoms with Crippen LogP contribution < -0.4 is 10.6 Å². The Morgan fingerprint density at radius 2 is 1.83 bits per heavy atom. The summed E-state index contributed by atoms with van der Waals surface area (Å²) in [5.41, 5.74) is 3.35. The van der Waals surface area contributed by atoms with Crippen LogP contribution in [-0.2, 0) is 0 Å². The maximum atomic E-state index is 12.2. The predicted octanol–water partition coefficient (Wildman–Crippen LogP) is 3.67. The van der Waals surface area contributed by atoms with Gasteiger partial charge in [-0.05, 0) is 55.5 Å². The summed E-state index contributed by atoms with van der Waals surface area (Å²) in [7, 11) is 0. The Labute approximate surface area is 139 Å². The molecule has 3 aromatic rings. The van der Waals surface area contributed by atoms with Crippen molar-refractivity contribution < 1.29 is 4.79 Å². The van der Waals surface area contributed by atoms with Crippen molar-refractivity contribution in [1.29, 1.82) is 0 Å². The third-order valence-electron chi connectivity index (χ3n) is 3.43. The Morgan fingerprint density at radius 1 is 1.04 bits per heavy atom. The lowest BCUT2D eigenvalue weighted by atomic mass is 10.1. The van der Waals surface area contributed by atoms with E-state index in [-0.39, 0.29) is 11.0 Å². The van der Waals surface area contributed by atoms with Crippen LogP contribution in [0.5, 0.6) is 0 Å².